The quantitative estimate of drug-likeness (QED) is 0.404. The highest BCUT2D eigenvalue weighted by atomic mass is 16.5. The number of methoxy groups -OCH3 is 1. The Bertz CT molecular complexity index is 1100. The number of hydrogen-bond donors (Lipinski definition) is 2. The molecule has 0 amide bonds. The number of nitrogens with one attached hydrogen (secondary N) is 1. The summed E-state index contributed by atoms with van der Waals surface area (Å²) in [5.41, 5.74) is 5.19. The lowest BCUT2D eigenvalue weighted by Crippen LogP contribution is -2.34. The summed E-state index contributed by atoms with van der Waals surface area (Å²) in [5, 5.41) is 13.7. The minimum atomic E-state index is -0.807. The van der Waals surface area contributed by atoms with E-state index in [2.05, 4.69) is 28.4 Å². The second-order valence-electron chi connectivity index (χ2n) is 10.8. The zero-order valence-corrected chi connectivity index (χ0v) is 22.7. The van der Waals surface area contributed by atoms with Gasteiger partial charge in [-0.05, 0) is 69.4 Å². The Kier molecular flexibility index (Phi) is 8.82. The fourth-order valence-corrected chi connectivity index (χ4v) is 6.08. The SMILES string of the molecule is COc1cc(CCCCO[C@@H]2CCN([C@@H](C(=O)O)c3cc(C)ccc3[C@@H]3CCCO3)C2)nc2c1CCCN2. The number of anilines is 1. The Labute approximate surface area is 225 Å². The first kappa shape index (κ1) is 26.9. The fourth-order valence-electron chi connectivity index (χ4n) is 6.08. The molecule has 2 saturated heterocycles. The number of likely N-dealkylation sites (tertiary alicyclic amines) is 1. The van der Waals surface area contributed by atoms with Gasteiger partial charge in [-0.15, -0.1) is 0 Å². The van der Waals surface area contributed by atoms with Gasteiger partial charge in [-0.3, -0.25) is 9.69 Å². The molecule has 0 spiro atoms. The Hall–Kier alpha value is -2.68. The summed E-state index contributed by atoms with van der Waals surface area (Å²) in [6.45, 7) is 5.73. The molecule has 8 nitrogen and oxygen atoms in total. The largest absolute Gasteiger partial charge is 0.496 e. The number of carboxylic acids is 1. The van der Waals surface area contributed by atoms with Gasteiger partial charge in [0.2, 0.25) is 0 Å². The number of aliphatic carboxylic acids is 1. The predicted octanol–water partition coefficient (Wildman–Crippen LogP) is 4.85. The van der Waals surface area contributed by atoms with Crippen LogP contribution in [-0.2, 0) is 27.1 Å². The maximum atomic E-state index is 12.5. The lowest BCUT2D eigenvalue weighted by Gasteiger charge is -2.28. The minimum absolute atomic E-state index is 0.0116. The summed E-state index contributed by atoms with van der Waals surface area (Å²) in [5.74, 6) is 1.10. The fraction of sp³-hybridized carbons (Fsp3) is 0.600. The van der Waals surface area contributed by atoms with Crippen molar-refractivity contribution in [3.63, 3.8) is 0 Å². The monoisotopic (exact) mass is 523 g/mol. The molecule has 0 aliphatic carbocycles. The lowest BCUT2D eigenvalue weighted by molar-refractivity contribution is -0.143. The first-order valence-corrected chi connectivity index (χ1v) is 14.1. The third-order valence-electron chi connectivity index (χ3n) is 8.02. The second kappa shape index (κ2) is 12.5. The second-order valence-corrected chi connectivity index (χ2v) is 10.8. The van der Waals surface area contributed by atoms with E-state index in [1.54, 1.807) is 7.11 Å². The first-order chi connectivity index (χ1) is 18.5. The van der Waals surface area contributed by atoms with E-state index in [9.17, 15) is 9.90 Å². The summed E-state index contributed by atoms with van der Waals surface area (Å²) in [6, 6.07) is 7.54. The van der Waals surface area contributed by atoms with E-state index in [-0.39, 0.29) is 12.2 Å². The molecule has 5 rings (SSSR count). The number of fused-ring (bicyclic) bond motifs is 1. The standard InChI is InChI=1S/C30H41N3O5/c1-20-10-11-23(26-9-6-16-38-26)25(17-20)28(30(34)35)33-14-12-22(19-33)37-15-4-3-7-21-18-27(36-2)24-8-5-13-31-29(24)32-21/h10-11,17-18,22,26,28H,3-9,12-16,19H2,1-2H3,(H,31,32)(H,34,35)/t22-,26+,28-/m1/s1. The third-order valence-corrected chi connectivity index (χ3v) is 8.02. The van der Waals surface area contributed by atoms with Gasteiger partial charge in [0.15, 0.2) is 0 Å². The van der Waals surface area contributed by atoms with Crippen LogP contribution in [0.15, 0.2) is 24.3 Å². The molecule has 2 fully saturated rings. The molecule has 4 heterocycles. The van der Waals surface area contributed by atoms with Crippen LogP contribution in [0, 0.1) is 6.92 Å². The summed E-state index contributed by atoms with van der Waals surface area (Å²) in [6.07, 6.45) is 7.77. The number of rotatable bonds is 11. The average Bonchev–Trinajstić information content (AvgIpc) is 3.61. The van der Waals surface area contributed by atoms with Gasteiger partial charge >= 0.3 is 5.97 Å². The maximum Gasteiger partial charge on any atom is 0.325 e. The van der Waals surface area contributed by atoms with Gasteiger partial charge in [-0.25, -0.2) is 4.98 Å². The summed E-state index contributed by atoms with van der Waals surface area (Å²) >= 11 is 0. The van der Waals surface area contributed by atoms with Crippen LogP contribution in [0.1, 0.15) is 78.6 Å². The molecule has 0 unspecified atom stereocenters. The highest BCUT2D eigenvalue weighted by Crippen LogP contribution is 2.37. The first-order valence-electron chi connectivity index (χ1n) is 14.1. The molecule has 0 bridgehead atoms. The molecule has 1 aromatic heterocycles. The highest BCUT2D eigenvalue weighted by Gasteiger charge is 2.36. The lowest BCUT2D eigenvalue weighted by atomic mass is 9.92. The summed E-state index contributed by atoms with van der Waals surface area (Å²) in [7, 11) is 1.73. The van der Waals surface area contributed by atoms with Crippen LogP contribution in [0.3, 0.4) is 0 Å². The van der Waals surface area contributed by atoms with Crippen molar-refractivity contribution < 1.29 is 24.1 Å². The van der Waals surface area contributed by atoms with Gasteiger partial charge in [0, 0.05) is 50.2 Å². The van der Waals surface area contributed by atoms with Crippen molar-refractivity contribution in [2.24, 2.45) is 0 Å². The molecule has 8 heteroatoms. The molecule has 206 valence electrons. The maximum absolute atomic E-state index is 12.5. The molecule has 3 atom stereocenters. The van der Waals surface area contributed by atoms with Gasteiger partial charge in [-0.2, -0.15) is 0 Å². The molecule has 2 aromatic rings. The van der Waals surface area contributed by atoms with Crippen LogP contribution in [0.5, 0.6) is 5.75 Å². The molecule has 38 heavy (non-hydrogen) atoms. The van der Waals surface area contributed by atoms with Crippen molar-refractivity contribution in [2.75, 3.05) is 45.3 Å². The number of nitrogens with zero attached hydrogens (tertiary/aromatic N) is 2. The molecule has 0 radical (unpaired) electrons. The van der Waals surface area contributed by atoms with Crippen molar-refractivity contribution in [3.8, 4) is 5.75 Å². The van der Waals surface area contributed by atoms with E-state index in [4.69, 9.17) is 19.2 Å². The van der Waals surface area contributed by atoms with E-state index in [1.165, 1.54) is 5.56 Å². The van der Waals surface area contributed by atoms with Crippen LogP contribution >= 0.6 is 0 Å². The van der Waals surface area contributed by atoms with Crippen LogP contribution in [0.25, 0.3) is 0 Å². The van der Waals surface area contributed by atoms with Gasteiger partial charge in [0.05, 0.1) is 19.3 Å². The smallest absolute Gasteiger partial charge is 0.325 e. The number of carboxylic acid groups (broad SMARTS) is 1. The number of aryl methyl sites for hydroxylation is 2. The van der Waals surface area contributed by atoms with Gasteiger partial charge in [0.25, 0.3) is 0 Å². The van der Waals surface area contributed by atoms with Crippen molar-refractivity contribution in [1.82, 2.24) is 9.88 Å². The molecule has 0 saturated carbocycles. The molecule has 3 aliphatic rings. The molecule has 1 aromatic carbocycles. The van der Waals surface area contributed by atoms with E-state index >= 15 is 0 Å². The zero-order valence-electron chi connectivity index (χ0n) is 22.7. The van der Waals surface area contributed by atoms with E-state index in [1.807, 2.05) is 13.0 Å². The number of hydrogen-bond acceptors (Lipinski definition) is 7. The molecule has 3 aliphatic heterocycles. The topological polar surface area (TPSA) is 93.2 Å². The van der Waals surface area contributed by atoms with E-state index in [0.717, 1.165) is 98.5 Å². The summed E-state index contributed by atoms with van der Waals surface area (Å²) in [4.78, 5) is 19.4. The minimum Gasteiger partial charge on any atom is -0.496 e. The zero-order chi connectivity index (χ0) is 26.5. The predicted molar refractivity (Wildman–Crippen MR) is 146 cm³/mol. The van der Waals surface area contributed by atoms with Crippen LogP contribution < -0.4 is 10.1 Å². The van der Waals surface area contributed by atoms with Crippen molar-refractivity contribution in [3.05, 3.63) is 52.2 Å². The number of unbranched alkanes of at least 4 members (excludes halogenated alkanes) is 1. The Balaban J connectivity index is 1.13. The van der Waals surface area contributed by atoms with Crippen LogP contribution in [0.2, 0.25) is 0 Å². The Morgan fingerprint density at radius 1 is 1.26 bits per heavy atom. The average molecular weight is 524 g/mol. The van der Waals surface area contributed by atoms with Gasteiger partial charge < -0.3 is 24.6 Å². The van der Waals surface area contributed by atoms with Crippen LogP contribution in [-0.4, -0.2) is 67.0 Å². The number of benzene rings is 1. The highest BCUT2D eigenvalue weighted by molar-refractivity contribution is 5.76. The molecular weight excluding hydrogens is 482 g/mol. The molecular formula is C30H41N3O5. The van der Waals surface area contributed by atoms with Gasteiger partial charge in [-0.1, -0.05) is 23.8 Å². The number of ether oxygens (including phenoxy) is 3. The van der Waals surface area contributed by atoms with Crippen molar-refractivity contribution in [1.29, 1.82) is 0 Å². The van der Waals surface area contributed by atoms with Crippen LogP contribution in [0.4, 0.5) is 5.82 Å². The van der Waals surface area contributed by atoms with E-state index < -0.39 is 12.0 Å². The normalized spacial score (nSPS) is 22.2. The number of pyridine rings is 1. The van der Waals surface area contributed by atoms with Gasteiger partial charge in [0.1, 0.15) is 17.6 Å². The molecule has 2 N–H and O–H groups in total. The Morgan fingerprint density at radius 2 is 2.16 bits per heavy atom. The van der Waals surface area contributed by atoms with E-state index in [0.29, 0.717) is 19.7 Å². The third kappa shape index (κ3) is 6.14. The van der Waals surface area contributed by atoms with Crippen molar-refractivity contribution in [2.45, 2.75) is 76.5 Å². The number of aromatic nitrogens is 1. The summed E-state index contributed by atoms with van der Waals surface area (Å²) < 4.78 is 17.8. The Morgan fingerprint density at radius 3 is 2.95 bits per heavy atom. The van der Waals surface area contributed by atoms with Crippen molar-refractivity contribution >= 4 is 11.8 Å². The number of carbonyl (C=O) groups is 1.